The molecule has 3 nitrogen and oxygen atoms in total. The van der Waals surface area contributed by atoms with Gasteiger partial charge in [-0.2, -0.15) is 0 Å². The van der Waals surface area contributed by atoms with E-state index >= 15 is 0 Å². The molecule has 1 aromatic carbocycles. The van der Waals surface area contributed by atoms with Crippen LogP contribution < -0.4 is 0 Å². The summed E-state index contributed by atoms with van der Waals surface area (Å²) in [4.78, 5) is 12.2. The molecule has 16 heavy (non-hydrogen) atoms. The van der Waals surface area contributed by atoms with E-state index in [0.29, 0.717) is 11.3 Å². The fraction of sp³-hybridized carbons (Fsp3) is 0.417. The van der Waals surface area contributed by atoms with Crippen LogP contribution in [0.2, 0.25) is 0 Å². The Balaban J connectivity index is 2.15. The van der Waals surface area contributed by atoms with Gasteiger partial charge in [0.25, 0.3) is 0 Å². The van der Waals surface area contributed by atoms with Crippen molar-refractivity contribution in [1.82, 2.24) is 0 Å². The summed E-state index contributed by atoms with van der Waals surface area (Å²) in [5.41, 5.74) is 0. The first-order chi connectivity index (χ1) is 7.72. The minimum atomic E-state index is -1.29. The van der Waals surface area contributed by atoms with Gasteiger partial charge in [-0.25, -0.2) is 0 Å². The zero-order valence-corrected chi connectivity index (χ0v) is 9.91. The zero-order valence-electron chi connectivity index (χ0n) is 9.09. The van der Waals surface area contributed by atoms with Crippen molar-refractivity contribution < 1.29 is 13.7 Å². The second-order valence-corrected chi connectivity index (χ2v) is 5.44. The van der Waals surface area contributed by atoms with Gasteiger partial charge in [0.05, 0.1) is 10.8 Å². The van der Waals surface area contributed by atoms with E-state index in [4.69, 9.17) is 4.74 Å². The van der Waals surface area contributed by atoms with E-state index in [2.05, 4.69) is 0 Å². The smallest absolute Gasteiger partial charge is 0.322 e. The van der Waals surface area contributed by atoms with E-state index in [1.54, 1.807) is 12.1 Å². The van der Waals surface area contributed by atoms with E-state index in [1.807, 2.05) is 25.1 Å². The first kappa shape index (κ1) is 11.3. The highest BCUT2D eigenvalue weighted by atomic mass is 32.2. The van der Waals surface area contributed by atoms with E-state index in [-0.39, 0.29) is 12.1 Å². The normalized spacial score (nSPS) is 26.4. The molecule has 86 valence electrons. The maximum Gasteiger partial charge on any atom is 0.322 e. The summed E-state index contributed by atoms with van der Waals surface area (Å²) in [5.74, 6) is -0.325. The van der Waals surface area contributed by atoms with Gasteiger partial charge in [-0.15, -0.1) is 0 Å². The Morgan fingerprint density at radius 1 is 1.38 bits per heavy atom. The van der Waals surface area contributed by atoms with Crippen LogP contribution in [0.3, 0.4) is 0 Å². The fourth-order valence-corrected chi connectivity index (χ4v) is 3.14. The second-order valence-electron chi connectivity index (χ2n) is 3.80. The minimum Gasteiger partial charge on any atom is -0.461 e. The summed E-state index contributed by atoms with van der Waals surface area (Å²) in [7, 11) is -1.29. The lowest BCUT2D eigenvalue weighted by molar-refractivity contribution is -0.141. The molecule has 0 aliphatic carbocycles. The monoisotopic (exact) mass is 238 g/mol. The van der Waals surface area contributed by atoms with Crippen molar-refractivity contribution in [2.75, 3.05) is 0 Å². The van der Waals surface area contributed by atoms with E-state index in [9.17, 15) is 9.00 Å². The molecule has 4 heteroatoms. The van der Waals surface area contributed by atoms with Crippen LogP contribution in [-0.2, 0) is 20.3 Å². The molecule has 1 aliphatic heterocycles. The van der Waals surface area contributed by atoms with E-state index in [0.717, 1.165) is 6.42 Å². The molecule has 0 spiro atoms. The summed E-state index contributed by atoms with van der Waals surface area (Å²) >= 11 is 0. The molecule has 0 aromatic heterocycles. The highest BCUT2D eigenvalue weighted by molar-refractivity contribution is 7.86. The quantitative estimate of drug-likeness (QED) is 0.755. The van der Waals surface area contributed by atoms with Crippen LogP contribution in [0.25, 0.3) is 0 Å². The molecule has 0 amide bonds. The molecule has 1 heterocycles. The van der Waals surface area contributed by atoms with Gasteiger partial charge >= 0.3 is 5.97 Å². The van der Waals surface area contributed by atoms with Crippen molar-refractivity contribution in [3.63, 3.8) is 0 Å². The van der Waals surface area contributed by atoms with Crippen LogP contribution >= 0.6 is 0 Å². The van der Waals surface area contributed by atoms with Crippen molar-refractivity contribution in [3.8, 4) is 0 Å². The number of hydrogen-bond acceptors (Lipinski definition) is 3. The van der Waals surface area contributed by atoms with Gasteiger partial charge in [-0.05, 0) is 18.6 Å². The van der Waals surface area contributed by atoms with Crippen LogP contribution in [0, 0.1) is 0 Å². The zero-order chi connectivity index (χ0) is 11.5. The molecular formula is C12H14O3S. The van der Waals surface area contributed by atoms with Gasteiger partial charge in [0.1, 0.15) is 11.4 Å². The van der Waals surface area contributed by atoms with Crippen molar-refractivity contribution in [2.24, 2.45) is 0 Å². The lowest BCUT2D eigenvalue weighted by Crippen LogP contribution is -2.20. The standard InChI is InChI=1S/C12H14O3S/c1-2-9-8-11(12(13)15-9)16(14)10-6-4-3-5-7-10/h3-7,9,11H,2,8H2,1H3. The van der Waals surface area contributed by atoms with Crippen LogP contribution in [0.1, 0.15) is 19.8 Å². The first-order valence-corrected chi connectivity index (χ1v) is 6.59. The predicted octanol–water partition coefficient (Wildman–Crippen LogP) is 1.89. The van der Waals surface area contributed by atoms with Gasteiger partial charge in [0.2, 0.25) is 0 Å². The lowest BCUT2D eigenvalue weighted by Gasteiger charge is -2.05. The lowest BCUT2D eigenvalue weighted by atomic mass is 10.2. The molecule has 3 unspecified atom stereocenters. The second kappa shape index (κ2) is 4.78. The van der Waals surface area contributed by atoms with Gasteiger partial charge in [-0.1, -0.05) is 25.1 Å². The Hall–Kier alpha value is -1.16. The molecule has 0 radical (unpaired) electrons. The average molecular weight is 238 g/mol. The largest absolute Gasteiger partial charge is 0.461 e. The van der Waals surface area contributed by atoms with Gasteiger partial charge < -0.3 is 4.74 Å². The van der Waals surface area contributed by atoms with Gasteiger partial charge in [-0.3, -0.25) is 9.00 Å². The summed E-state index contributed by atoms with van der Waals surface area (Å²) in [6.45, 7) is 1.96. The molecule has 0 saturated carbocycles. The van der Waals surface area contributed by atoms with Crippen LogP contribution in [0.15, 0.2) is 35.2 Å². The third-order valence-electron chi connectivity index (χ3n) is 2.71. The van der Waals surface area contributed by atoms with Crippen LogP contribution in [-0.4, -0.2) is 21.5 Å². The van der Waals surface area contributed by atoms with Crippen molar-refractivity contribution in [3.05, 3.63) is 30.3 Å². The fourth-order valence-electron chi connectivity index (χ4n) is 1.77. The van der Waals surface area contributed by atoms with Crippen molar-refractivity contribution in [1.29, 1.82) is 0 Å². The van der Waals surface area contributed by atoms with Crippen LogP contribution in [0.5, 0.6) is 0 Å². The Kier molecular flexibility index (Phi) is 3.39. The number of rotatable bonds is 3. The number of cyclic esters (lactones) is 1. The van der Waals surface area contributed by atoms with Crippen molar-refractivity contribution >= 4 is 16.8 Å². The number of esters is 1. The van der Waals surface area contributed by atoms with Gasteiger partial charge in [0, 0.05) is 11.3 Å². The maximum absolute atomic E-state index is 12.1. The Bertz CT molecular complexity index is 402. The van der Waals surface area contributed by atoms with Crippen molar-refractivity contribution in [2.45, 2.75) is 36.0 Å². The predicted molar refractivity (Wildman–Crippen MR) is 61.4 cm³/mol. The highest BCUT2D eigenvalue weighted by Crippen LogP contribution is 2.25. The number of carbonyl (C=O) groups is 1. The topological polar surface area (TPSA) is 43.4 Å². The Morgan fingerprint density at radius 3 is 2.62 bits per heavy atom. The molecule has 0 bridgehead atoms. The van der Waals surface area contributed by atoms with E-state index in [1.165, 1.54) is 0 Å². The van der Waals surface area contributed by atoms with Gasteiger partial charge in [0.15, 0.2) is 0 Å². The Morgan fingerprint density at radius 2 is 2.06 bits per heavy atom. The average Bonchev–Trinajstić information content (AvgIpc) is 2.71. The number of ether oxygens (including phenoxy) is 1. The minimum absolute atomic E-state index is 0.0647. The molecule has 3 atom stereocenters. The summed E-state index contributed by atoms with van der Waals surface area (Å²) in [6, 6.07) is 9.07. The number of carbonyl (C=O) groups excluding carboxylic acids is 1. The molecule has 1 fully saturated rings. The summed E-state index contributed by atoms with van der Waals surface area (Å²) < 4.78 is 17.3. The molecule has 0 N–H and O–H groups in total. The summed E-state index contributed by atoms with van der Waals surface area (Å²) in [5, 5.41) is -0.493. The molecule has 1 saturated heterocycles. The molecular weight excluding hydrogens is 224 g/mol. The first-order valence-electron chi connectivity index (χ1n) is 5.38. The van der Waals surface area contributed by atoms with Crippen LogP contribution in [0.4, 0.5) is 0 Å². The Labute approximate surface area is 97.3 Å². The molecule has 1 aliphatic rings. The van der Waals surface area contributed by atoms with E-state index < -0.39 is 16.0 Å². The number of benzene rings is 1. The highest BCUT2D eigenvalue weighted by Gasteiger charge is 2.38. The SMILES string of the molecule is CCC1CC(S(=O)c2ccccc2)C(=O)O1. The third kappa shape index (κ3) is 2.16. The third-order valence-corrected chi connectivity index (χ3v) is 4.35. The summed E-state index contributed by atoms with van der Waals surface area (Å²) in [6.07, 6.45) is 1.29. The number of hydrogen-bond donors (Lipinski definition) is 0. The molecule has 1 aromatic rings. The maximum atomic E-state index is 12.1. The molecule has 2 rings (SSSR count).